The van der Waals surface area contributed by atoms with Gasteiger partial charge in [-0.2, -0.15) is 0 Å². The summed E-state index contributed by atoms with van der Waals surface area (Å²) < 4.78 is 11.3. The van der Waals surface area contributed by atoms with Gasteiger partial charge in [0, 0.05) is 50.0 Å². The van der Waals surface area contributed by atoms with Crippen molar-refractivity contribution in [3.8, 4) is 11.5 Å². The van der Waals surface area contributed by atoms with Gasteiger partial charge in [-0.15, -0.1) is 6.58 Å². The zero-order valence-electron chi connectivity index (χ0n) is 16.1. The van der Waals surface area contributed by atoms with Crippen molar-refractivity contribution in [2.24, 2.45) is 5.92 Å². The molecule has 1 fully saturated rings. The lowest BCUT2D eigenvalue weighted by molar-refractivity contribution is -0.142. The Morgan fingerprint density at radius 2 is 2.26 bits per heavy atom. The number of carbonyl (C=O) groups excluding carboxylic acids is 2. The zero-order chi connectivity index (χ0) is 19.4. The van der Waals surface area contributed by atoms with E-state index in [1.54, 1.807) is 13.2 Å². The standard InChI is InChI=1S/C21H28N2O4/c1-4-6-7-20(25)23-11-10-19(24)22(5-2)13-15-14-27-18-12-16(26-3)8-9-17(18)21(15)23/h4,8-9,12,15,21H,1,5-7,10-11,13-14H2,2-3H3/t15-,21-/m0/s1. The van der Waals surface area contributed by atoms with Gasteiger partial charge in [0.15, 0.2) is 0 Å². The van der Waals surface area contributed by atoms with Gasteiger partial charge in [-0.05, 0) is 25.5 Å². The summed E-state index contributed by atoms with van der Waals surface area (Å²) in [6.07, 6.45) is 3.15. The van der Waals surface area contributed by atoms with Gasteiger partial charge >= 0.3 is 0 Å². The van der Waals surface area contributed by atoms with Crippen LogP contribution in [0.3, 0.4) is 0 Å². The van der Waals surface area contributed by atoms with E-state index in [1.165, 1.54) is 0 Å². The van der Waals surface area contributed by atoms with E-state index >= 15 is 0 Å². The van der Waals surface area contributed by atoms with Gasteiger partial charge < -0.3 is 19.3 Å². The third-order valence-corrected chi connectivity index (χ3v) is 5.41. The molecule has 146 valence electrons. The lowest BCUT2D eigenvalue weighted by Gasteiger charge is -2.44. The molecule has 2 aliphatic heterocycles. The summed E-state index contributed by atoms with van der Waals surface area (Å²) in [6.45, 7) is 7.87. The number of hydrogen-bond donors (Lipinski definition) is 0. The maximum Gasteiger partial charge on any atom is 0.224 e. The van der Waals surface area contributed by atoms with Crippen LogP contribution < -0.4 is 9.47 Å². The van der Waals surface area contributed by atoms with Crippen LogP contribution in [0.4, 0.5) is 0 Å². The first-order valence-corrected chi connectivity index (χ1v) is 9.57. The molecule has 0 aliphatic carbocycles. The fraction of sp³-hybridized carbons (Fsp3) is 0.524. The highest BCUT2D eigenvalue weighted by Crippen LogP contribution is 2.42. The monoisotopic (exact) mass is 372 g/mol. The Labute approximate surface area is 160 Å². The molecule has 27 heavy (non-hydrogen) atoms. The van der Waals surface area contributed by atoms with E-state index in [4.69, 9.17) is 9.47 Å². The summed E-state index contributed by atoms with van der Waals surface area (Å²) in [5.41, 5.74) is 0.990. The summed E-state index contributed by atoms with van der Waals surface area (Å²) in [5, 5.41) is 0. The normalized spacial score (nSPS) is 22.1. The molecule has 0 saturated carbocycles. The Balaban J connectivity index is 1.99. The average molecular weight is 372 g/mol. The molecule has 2 atom stereocenters. The molecule has 0 bridgehead atoms. The number of amides is 2. The first-order chi connectivity index (χ1) is 13.1. The van der Waals surface area contributed by atoms with E-state index in [2.05, 4.69) is 6.58 Å². The summed E-state index contributed by atoms with van der Waals surface area (Å²) >= 11 is 0. The highest BCUT2D eigenvalue weighted by Gasteiger charge is 2.40. The number of ether oxygens (including phenoxy) is 2. The third-order valence-electron chi connectivity index (χ3n) is 5.41. The minimum absolute atomic E-state index is 0.0442. The van der Waals surface area contributed by atoms with Crippen molar-refractivity contribution in [1.82, 2.24) is 9.80 Å². The van der Waals surface area contributed by atoms with Gasteiger partial charge in [0.25, 0.3) is 0 Å². The molecule has 1 saturated heterocycles. The fourth-order valence-electron chi connectivity index (χ4n) is 3.98. The molecule has 3 rings (SSSR count). The number of benzene rings is 1. The van der Waals surface area contributed by atoms with Gasteiger partial charge in [-0.25, -0.2) is 0 Å². The zero-order valence-corrected chi connectivity index (χ0v) is 16.1. The second-order valence-electron chi connectivity index (χ2n) is 7.02. The number of hydrogen-bond acceptors (Lipinski definition) is 4. The van der Waals surface area contributed by atoms with Gasteiger partial charge in [-0.3, -0.25) is 9.59 Å². The topological polar surface area (TPSA) is 59.1 Å². The predicted octanol–water partition coefficient (Wildman–Crippen LogP) is 2.79. The highest BCUT2D eigenvalue weighted by atomic mass is 16.5. The minimum atomic E-state index is -0.0980. The number of nitrogens with zero attached hydrogens (tertiary/aromatic N) is 2. The Morgan fingerprint density at radius 3 is 2.96 bits per heavy atom. The number of carbonyl (C=O) groups is 2. The quantitative estimate of drug-likeness (QED) is 0.746. The van der Waals surface area contributed by atoms with Gasteiger partial charge in [0.05, 0.1) is 19.8 Å². The van der Waals surface area contributed by atoms with E-state index in [-0.39, 0.29) is 23.8 Å². The number of methoxy groups -OCH3 is 1. The molecule has 0 radical (unpaired) electrons. The van der Waals surface area contributed by atoms with E-state index < -0.39 is 0 Å². The number of fused-ring (bicyclic) bond motifs is 3. The van der Waals surface area contributed by atoms with E-state index in [1.807, 2.05) is 34.9 Å². The molecule has 1 aromatic carbocycles. The van der Waals surface area contributed by atoms with Crippen molar-refractivity contribution in [2.75, 3.05) is 33.4 Å². The van der Waals surface area contributed by atoms with Crippen LogP contribution in [0.25, 0.3) is 0 Å². The van der Waals surface area contributed by atoms with Gasteiger partial charge in [0.1, 0.15) is 11.5 Å². The van der Waals surface area contributed by atoms with Crippen molar-refractivity contribution in [1.29, 1.82) is 0 Å². The third kappa shape index (κ3) is 3.94. The highest BCUT2D eigenvalue weighted by molar-refractivity contribution is 5.80. The molecule has 0 unspecified atom stereocenters. The molecule has 1 aromatic rings. The average Bonchev–Trinajstić information content (AvgIpc) is 2.69. The van der Waals surface area contributed by atoms with Crippen molar-refractivity contribution in [3.63, 3.8) is 0 Å². The Bertz CT molecular complexity index is 718. The number of rotatable bonds is 5. The number of allylic oxidation sites excluding steroid dienone is 1. The molecule has 0 aromatic heterocycles. The molecule has 2 aliphatic rings. The lowest BCUT2D eigenvalue weighted by atomic mass is 9.87. The summed E-state index contributed by atoms with van der Waals surface area (Å²) in [6, 6.07) is 5.66. The van der Waals surface area contributed by atoms with Gasteiger partial charge in [-0.1, -0.05) is 6.08 Å². The Kier molecular flexibility index (Phi) is 6.04. The van der Waals surface area contributed by atoms with Crippen LogP contribution in [0.1, 0.15) is 37.8 Å². The first-order valence-electron chi connectivity index (χ1n) is 9.57. The maximum absolute atomic E-state index is 13.0. The van der Waals surface area contributed by atoms with Crippen molar-refractivity contribution < 1.29 is 19.1 Å². The molecule has 2 heterocycles. The molecule has 6 heteroatoms. The van der Waals surface area contributed by atoms with Gasteiger partial charge in [0.2, 0.25) is 11.8 Å². The lowest BCUT2D eigenvalue weighted by Crippen LogP contribution is -2.51. The van der Waals surface area contributed by atoms with Crippen LogP contribution in [0.2, 0.25) is 0 Å². The smallest absolute Gasteiger partial charge is 0.224 e. The largest absolute Gasteiger partial charge is 0.497 e. The van der Waals surface area contributed by atoms with Crippen LogP contribution in [-0.4, -0.2) is 55.0 Å². The van der Waals surface area contributed by atoms with E-state index in [0.717, 1.165) is 17.1 Å². The van der Waals surface area contributed by atoms with Crippen LogP contribution >= 0.6 is 0 Å². The Hall–Kier alpha value is -2.50. The predicted molar refractivity (Wildman–Crippen MR) is 103 cm³/mol. The molecule has 0 N–H and O–H groups in total. The summed E-state index contributed by atoms with van der Waals surface area (Å²) in [4.78, 5) is 29.2. The van der Waals surface area contributed by atoms with Crippen molar-refractivity contribution >= 4 is 11.8 Å². The van der Waals surface area contributed by atoms with Crippen LogP contribution in [0, 0.1) is 5.92 Å². The van der Waals surface area contributed by atoms with E-state index in [9.17, 15) is 9.59 Å². The first kappa shape index (κ1) is 19.3. The van der Waals surface area contributed by atoms with Crippen LogP contribution in [-0.2, 0) is 9.59 Å². The van der Waals surface area contributed by atoms with Crippen molar-refractivity contribution in [2.45, 2.75) is 32.2 Å². The van der Waals surface area contributed by atoms with Crippen LogP contribution in [0.15, 0.2) is 30.9 Å². The van der Waals surface area contributed by atoms with E-state index in [0.29, 0.717) is 45.5 Å². The SMILES string of the molecule is C=CCCC(=O)N1CCC(=O)N(CC)C[C@H]2COc3cc(OC)ccc3[C@H]21. The van der Waals surface area contributed by atoms with Crippen LogP contribution in [0.5, 0.6) is 11.5 Å². The summed E-state index contributed by atoms with van der Waals surface area (Å²) in [7, 11) is 1.62. The maximum atomic E-state index is 13.0. The minimum Gasteiger partial charge on any atom is -0.497 e. The Morgan fingerprint density at radius 1 is 1.44 bits per heavy atom. The summed E-state index contributed by atoms with van der Waals surface area (Å²) in [5.74, 6) is 1.69. The molecule has 2 amide bonds. The second kappa shape index (κ2) is 8.46. The second-order valence-corrected chi connectivity index (χ2v) is 7.02. The molecule has 0 spiro atoms. The molecular formula is C21H28N2O4. The fourth-order valence-corrected chi connectivity index (χ4v) is 3.98. The molecule has 6 nitrogen and oxygen atoms in total. The molecular weight excluding hydrogens is 344 g/mol. The van der Waals surface area contributed by atoms with Crippen molar-refractivity contribution in [3.05, 3.63) is 36.4 Å².